The molecule has 0 spiro atoms. The molecular formula is C18H24N2. The monoisotopic (exact) mass is 268 g/mol. The van der Waals surface area contributed by atoms with Gasteiger partial charge in [-0.3, -0.25) is 0 Å². The first-order chi connectivity index (χ1) is 9.49. The fourth-order valence-electron chi connectivity index (χ4n) is 2.46. The maximum atomic E-state index is 5.84. The second-order valence-corrected chi connectivity index (χ2v) is 5.56. The van der Waals surface area contributed by atoms with Gasteiger partial charge in [-0.2, -0.15) is 0 Å². The molecule has 0 heterocycles. The number of hydrogen-bond donors (Lipinski definition) is 1. The van der Waals surface area contributed by atoms with Crippen LogP contribution in [0.4, 0.5) is 11.4 Å². The Labute approximate surface area is 122 Å². The van der Waals surface area contributed by atoms with E-state index in [4.69, 9.17) is 5.73 Å². The van der Waals surface area contributed by atoms with Crippen LogP contribution in [0.2, 0.25) is 0 Å². The molecule has 0 aliphatic rings. The lowest BCUT2D eigenvalue weighted by Gasteiger charge is -2.21. The molecule has 0 bridgehead atoms. The van der Waals surface area contributed by atoms with Gasteiger partial charge in [-0.25, -0.2) is 0 Å². The zero-order valence-corrected chi connectivity index (χ0v) is 12.9. The molecule has 0 aliphatic heterocycles. The lowest BCUT2D eigenvalue weighted by molar-refractivity contribution is 0.869. The second-order valence-electron chi connectivity index (χ2n) is 5.56. The lowest BCUT2D eigenvalue weighted by atomic mass is 9.97. The third kappa shape index (κ3) is 3.13. The van der Waals surface area contributed by atoms with Crippen LogP contribution in [0, 0.1) is 20.8 Å². The van der Waals surface area contributed by atoms with Crippen LogP contribution in [0.25, 0.3) is 0 Å². The number of nitrogens with two attached hydrogens (primary N) is 1. The van der Waals surface area contributed by atoms with Crippen molar-refractivity contribution in [1.82, 2.24) is 0 Å². The Kier molecular flexibility index (Phi) is 4.33. The maximum Gasteiger partial charge on any atom is 0.0384 e. The number of aryl methyl sites for hydroxylation is 1. The molecule has 2 nitrogen and oxygen atoms in total. The van der Waals surface area contributed by atoms with Crippen molar-refractivity contribution in [2.45, 2.75) is 27.2 Å². The van der Waals surface area contributed by atoms with Crippen LogP contribution in [0.1, 0.15) is 22.3 Å². The molecule has 0 saturated heterocycles. The quantitative estimate of drug-likeness (QED) is 0.853. The van der Waals surface area contributed by atoms with Gasteiger partial charge in [0.1, 0.15) is 0 Å². The predicted molar refractivity (Wildman–Crippen MR) is 88.5 cm³/mol. The van der Waals surface area contributed by atoms with Gasteiger partial charge >= 0.3 is 0 Å². The highest BCUT2D eigenvalue weighted by Gasteiger charge is 2.06. The van der Waals surface area contributed by atoms with Gasteiger partial charge in [0.25, 0.3) is 0 Å². The topological polar surface area (TPSA) is 29.3 Å². The molecule has 106 valence electrons. The maximum absolute atomic E-state index is 5.84. The van der Waals surface area contributed by atoms with E-state index >= 15 is 0 Å². The molecule has 0 amide bonds. The van der Waals surface area contributed by atoms with E-state index in [1.54, 1.807) is 0 Å². The SMILES string of the molecule is Cc1ccc(CCN(C)c2cccc(N)c2)c(C)c1C. The van der Waals surface area contributed by atoms with E-state index in [1.165, 1.54) is 27.9 Å². The van der Waals surface area contributed by atoms with Crippen molar-refractivity contribution >= 4 is 11.4 Å². The normalized spacial score (nSPS) is 10.6. The summed E-state index contributed by atoms with van der Waals surface area (Å²) in [4.78, 5) is 2.25. The number of anilines is 2. The Morgan fingerprint density at radius 3 is 2.45 bits per heavy atom. The van der Waals surface area contributed by atoms with E-state index in [2.05, 4.69) is 50.9 Å². The third-order valence-electron chi connectivity index (χ3n) is 4.20. The van der Waals surface area contributed by atoms with E-state index in [-0.39, 0.29) is 0 Å². The average molecular weight is 268 g/mol. The summed E-state index contributed by atoms with van der Waals surface area (Å²) < 4.78 is 0. The average Bonchev–Trinajstić information content (AvgIpc) is 2.44. The highest BCUT2D eigenvalue weighted by atomic mass is 15.1. The molecule has 2 N–H and O–H groups in total. The second kappa shape index (κ2) is 6.00. The van der Waals surface area contributed by atoms with Crippen LogP contribution in [-0.4, -0.2) is 13.6 Å². The van der Waals surface area contributed by atoms with Gasteiger partial charge in [0.05, 0.1) is 0 Å². The number of benzene rings is 2. The number of likely N-dealkylation sites (N-methyl/N-ethyl adjacent to an activating group) is 1. The minimum Gasteiger partial charge on any atom is -0.399 e. The van der Waals surface area contributed by atoms with Gasteiger partial charge < -0.3 is 10.6 Å². The van der Waals surface area contributed by atoms with E-state index in [0.29, 0.717) is 0 Å². The first-order valence-electron chi connectivity index (χ1n) is 7.11. The van der Waals surface area contributed by atoms with Gasteiger partial charge in [-0.15, -0.1) is 0 Å². The van der Waals surface area contributed by atoms with Crippen LogP contribution >= 0.6 is 0 Å². The van der Waals surface area contributed by atoms with Crippen LogP contribution in [-0.2, 0) is 6.42 Å². The predicted octanol–water partition coefficient (Wildman–Crippen LogP) is 3.87. The van der Waals surface area contributed by atoms with Gasteiger partial charge in [0.15, 0.2) is 0 Å². The van der Waals surface area contributed by atoms with Crippen LogP contribution in [0.15, 0.2) is 36.4 Å². The Balaban J connectivity index is 2.07. The van der Waals surface area contributed by atoms with E-state index in [9.17, 15) is 0 Å². The fraction of sp³-hybridized carbons (Fsp3) is 0.333. The number of hydrogen-bond acceptors (Lipinski definition) is 2. The Morgan fingerprint density at radius 2 is 1.75 bits per heavy atom. The van der Waals surface area contributed by atoms with Crippen LogP contribution in [0.5, 0.6) is 0 Å². The number of rotatable bonds is 4. The van der Waals surface area contributed by atoms with Crippen molar-refractivity contribution in [2.75, 3.05) is 24.2 Å². The van der Waals surface area contributed by atoms with Crippen molar-refractivity contribution in [3.05, 3.63) is 58.7 Å². The number of nitrogen functional groups attached to an aromatic ring is 1. The minimum absolute atomic E-state index is 0.816. The fourth-order valence-corrected chi connectivity index (χ4v) is 2.46. The van der Waals surface area contributed by atoms with Gasteiger partial charge in [0.2, 0.25) is 0 Å². The molecule has 0 fully saturated rings. The zero-order valence-electron chi connectivity index (χ0n) is 12.9. The Hall–Kier alpha value is -1.96. The summed E-state index contributed by atoms with van der Waals surface area (Å²) in [5, 5.41) is 0. The van der Waals surface area contributed by atoms with Crippen LogP contribution in [0.3, 0.4) is 0 Å². The van der Waals surface area contributed by atoms with Gasteiger partial charge in [0, 0.05) is 25.0 Å². The molecule has 0 aliphatic carbocycles. The third-order valence-corrected chi connectivity index (χ3v) is 4.20. The molecule has 2 rings (SSSR count). The summed E-state index contributed by atoms with van der Waals surface area (Å²) >= 11 is 0. The van der Waals surface area contributed by atoms with Crippen molar-refractivity contribution < 1.29 is 0 Å². The summed E-state index contributed by atoms with van der Waals surface area (Å²) in [5.74, 6) is 0. The van der Waals surface area contributed by atoms with Crippen molar-refractivity contribution in [1.29, 1.82) is 0 Å². The summed E-state index contributed by atoms with van der Waals surface area (Å²) in [6.07, 6.45) is 1.05. The van der Waals surface area contributed by atoms with Crippen molar-refractivity contribution in [2.24, 2.45) is 0 Å². The summed E-state index contributed by atoms with van der Waals surface area (Å²) in [7, 11) is 2.12. The first kappa shape index (κ1) is 14.4. The molecule has 0 unspecified atom stereocenters. The van der Waals surface area contributed by atoms with Crippen molar-refractivity contribution in [3.8, 4) is 0 Å². The molecule has 2 aromatic carbocycles. The highest BCUT2D eigenvalue weighted by Crippen LogP contribution is 2.20. The van der Waals surface area contributed by atoms with Gasteiger partial charge in [-0.05, 0) is 67.6 Å². The standard InChI is InChI=1S/C18H24N2/c1-13-8-9-16(15(3)14(13)2)10-11-20(4)18-7-5-6-17(19)12-18/h5-9,12H,10-11,19H2,1-4H3. The molecule has 0 radical (unpaired) electrons. The van der Waals surface area contributed by atoms with E-state index < -0.39 is 0 Å². The van der Waals surface area contributed by atoms with E-state index in [0.717, 1.165) is 18.7 Å². The minimum atomic E-state index is 0.816. The molecular weight excluding hydrogens is 244 g/mol. The highest BCUT2D eigenvalue weighted by molar-refractivity contribution is 5.55. The van der Waals surface area contributed by atoms with Gasteiger partial charge in [-0.1, -0.05) is 18.2 Å². The Morgan fingerprint density at radius 1 is 1.00 bits per heavy atom. The molecule has 20 heavy (non-hydrogen) atoms. The summed E-state index contributed by atoms with van der Waals surface area (Å²) in [5.41, 5.74) is 13.5. The molecule has 0 aromatic heterocycles. The smallest absolute Gasteiger partial charge is 0.0384 e. The van der Waals surface area contributed by atoms with E-state index in [1.807, 2.05) is 18.2 Å². The number of nitrogens with zero attached hydrogens (tertiary/aromatic N) is 1. The van der Waals surface area contributed by atoms with Crippen molar-refractivity contribution in [3.63, 3.8) is 0 Å². The molecule has 0 saturated carbocycles. The molecule has 0 atom stereocenters. The summed E-state index contributed by atoms with van der Waals surface area (Å²) in [6.45, 7) is 7.59. The Bertz CT molecular complexity index is 602. The molecule has 2 heteroatoms. The summed E-state index contributed by atoms with van der Waals surface area (Å²) in [6, 6.07) is 12.5. The zero-order chi connectivity index (χ0) is 14.7. The lowest BCUT2D eigenvalue weighted by Crippen LogP contribution is -2.20. The molecule has 2 aromatic rings. The first-order valence-corrected chi connectivity index (χ1v) is 7.11. The largest absolute Gasteiger partial charge is 0.399 e. The van der Waals surface area contributed by atoms with Crippen LogP contribution < -0.4 is 10.6 Å².